The van der Waals surface area contributed by atoms with E-state index in [4.69, 9.17) is 15.6 Å². The molecule has 0 aromatic carbocycles. The van der Waals surface area contributed by atoms with E-state index in [-0.39, 0.29) is 0 Å². The summed E-state index contributed by atoms with van der Waals surface area (Å²) in [5.74, 6) is -3.68. The summed E-state index contributed by atoms with van der Waals surface area (Å²) in [4.78, 5) is 12.1. The fraction of sp³-hybridized carbons (Fsp3) is 0.667. The molecular formula is C9H13F2N3O4. The molecule has 0 saturated carbocycles. The van der Waals surface area contributed by atoms with Gasteiger partial charge in [0.15, 0.2) is 6.10 Å². The second-order valence-corrected chi connectivity index (χ2v) is 4.05. The van der Waals surface area contributed by atoms with Crippen molar-refractivity contribution in [2.75, 3.05) is 6.61 Å². The molecule has 9 heteroatoms. The minimum atomic E-state index is -3.68. The Hall–Kier alpha value is -1.29. The van der Waals surface area contributed by atoms with E-state index in [1.54, 1.807) is 0 Å². The Labute approximate surface area is 101 Å². The van der Waals surface area contributed by atoms with Crippen LogP contribution in [0.4, 0.5) is 13.6 Å². The second kappa shape index (κ2) is 4.43. The molecule has 1 saturated heterocycles. The molecular weight excluding hydrogens is 252 g/mol. The van der Waals surface area contributed by atoms with Gasteiger partial charge in [-0.15, -0.1) is 0 Å². The lowest BCUT2D eigenvalue weighted by atomic mass is 10.1. The Morgan fingerprint density at radius 3 is 2.78 bits per heavy atom. The first-order valence-corrected chi connectivity index (χ1v) is 5.23. The van der Waals surface area contributed by atoms with E-state index in [9.17, 15) is 18.7 Å². The molecule has 102 valence electrons. The van der Waals surface area contributed by atoms with E-state index < -0.39 is 43.2 Å². The van der Waals surface area contributed by atoms with E-state index in [0.717, 1.165) is 6.20 Å². The summed E-state index contributed by atoms with van der Waals surface area (Å²) in [5.41, 5.74) is 5.37. The van der Waals surface area contributed by atoms with Crippen LogP contribution >= 0.6 is 0 Å². The van der Waals surface area contributed by atoms with Crippen LogP contribution < -0.4 is 11.1 Å². The number of nitrogens with two attached hydrogens (primary N) is 1. The molecule has 18 heavy (non-hydrogen) atoms. The molecule has 0 aliphatic carbocycles. The van der Waals surface area contributed by atoms with Crippen molar-refractivity contribution in [1.82, 2.24) is 10.2 Å². The Kier molecular flexibility index (Phi) is 3.23. The number of rotatable bonds is 2. The maximum absolute atomic E-state index is 13.7. The van der Waals surface area contributed by atoms with E-state index in [0.29, 0.717) is 4.90 Å². The molecule has 0 aromatic rings. The first kappa shape index (κ1) is 13.1. The van der Waals surface area contributed by atoms with Crippen molar-refractivity contribution >= 4 is 6.03 Å². The zero-order valence-corrected chi connectivity index (χ0v) is 9.16. The van der Waals surface area contributed by atoms with Gasteiger partial charge in [-0.25, -0.2) is 4.79 Å². The first-order valence-electron chi connectivity index (χ1n) is 5.23. The SMILES string of the molecule is NC1C=CN([C@@H]2O[C@H](CO)C(O)C2(F)F)C(=O)N1. The molecule has 2 aliphatic rings. The third kappa shape index (κ3) is 1.94. The summed E-state index contributed by atoms with van der Waals surface area (Å²) in [5, 5.41) is 20.3. The molecule has 0 bridgehead atoms. The summed E-state index contributed by atoms with van der Waals surface area (Å²) in [6.07, 6.45) is -4.00. The van der Waals surface area contributed by atoms with E-state index in [1.165, 1.54) is 6.08 Å². The Balaban J connectivity index is 2.23. The molecule has 2 amide bonds. The van der Waals surface area contributed by atoms with Gasteiger partial charge in [0.25, 0.3) is 0 Å². The van der Waals surface area contributed by atoms with Gasteiger partial charge in [0, 0.05) is 6.20 Å². The number of carbonyl (C=O) groups excluding carboxylic acids is 1. The maximum Gasteiger partial charge on any atom is 0.325 e. The number of aliphatic hydroxyl groups excluding tert-OH is 2. The van der Waals surface area contributed by atoms with Crippen LogP contribution in [0.5, 0.6) is 0 Å². The molecule has 0 radical (unpaired) electrons. The summed E-state index contributed by atoms with van der Waals surface area (Å²) >= 11 is 0. The lowest BCUT2D eigenvalue weighted by Gasteiger charge is -2.32. The monoisotopic (exact) mass is 265 g/mol. The Bertz CT molecular complexity index is 379. The maximum atomic E-state index is 13.7. The van der Waals surface area contributed by atoms with Crippen LogP contribution in [0.2, 0.25) is 0 Å². The lowest BCUT2D eigenvalue weighted by Crippen LogP contribution is -2.57. The number of amides is 2. The van der Waals surface area contributed by atoms with Gasteiger partial charge in [-0.3, -0.25) is 4.90 Å². The first-order chi connectivity index (χ1) is 8.37. The van der Waals surface area contributed by atoms with Gasteiger partial charge < -0.3 is 26.0 Å². The summed E-state index contributed by atoms with van der Waals surface area (Å²) in [6, 6.07) is -0.861. The highest BCUT2D eigenvalue weighted by molar-refractivity contribution is 5.77. The molecule has 0 aromatic heterocycles. The number of hydrogen-bond donors (Lipinski definition) is 4. The van der Waals surface area contributed by atoms with Gasteiger partial charge in [0.1, 0.15) is 6.10 Å². The molecule has 2 unspecified atom stereocenters. The van der Waals surface area contributed by atoms with E-state index >= 15 is 0 Å². The number of halogens is 2. The zero-order valence-electron chi connectivity index (χ0n) is 9.16. The van der Waals surface area contributed by atoms with Crippen molar-refractivity contribution < 1.29 is 28.5 Å². The highest BCUT2D eigenvalue weighted by Crippen LogP contribution is 2.38. The van der Waals surface area contributed by atoms with Crippen LogP contribution in [0.15, 0.2) is 12.3 Å². The Morgan fingerprint density at radius 1 is 1.61 bits per heavy atom. The normalized spacial score (nSPS) is 38.9. The van der Waals surface area contributed by atoms with E-state index in [1.807, 2.05) is 0 Å². The lowest BCUT2D eigenvalue weighted by molar-refractivity contribution is -0.145. The molecule has 5 N–H and O–H groups in total. The fourth-order valence-corrected chi connectivity index (χ4v) is 1.82. The summed E-state index contributed by atoms with van der Waals surface area (Å²) in [6.45, 7) is -0.772. The van der Waals surface area contributed by atoms with Crippen LogP contribution in [-0.2, 0) is 4.74 Å². The number of hydrogen-bond acceptors (Lipinski definition) is 5. The zero-order chi connectivity index (χ0) is 13.5. The van der Waals surface area contributed by atoms with Crippen molar-refractivity contribution in [2.24, 2.45) is 5.73 Å². The number of alkyl halides is 2. The molecule has 4 atom stereocenters. The number of ether oxygens (including phenoxy) is 1. The third-order valence-corrected chi connectivity index (χ3v) is 2.79. The van der Waals surface area contributed by atoms with Gasteiger partial charge in [0.2, 0.25) is 6.23 Å². The van der Waals surface area contributed by atoms with Crippen molar-refractivity contribution in [1.29, 1.82) is 0 Å². The highest BCUT2D eigenvalue weighted by atomic mass is 19.3. The number of urea groups is 1. The molecule has 2 aliphatic heterocycles. The van der Waals surface area contributed by atoms with E-state index in [2.05, 4.69) is 5.32 Å². The van der Waals surface area contributed by atoms with Gasteiger partial charge in [0.05, 0.1) is 12.8 Å². The van der Waals surface area contributed by atoms with Crippen LogP contribution in [0, 0.1) is 0 Å². The van der Waals surface area contributed by atoms with Crippen LogP contribution in [0.3, 0.4) is 0 Å². The van der Waals surface area contributed by atoms with Gasteiger partial charge >= 0.3 is 12.0 Å². The smallest absolute Gasteiger partial charge is 0.325 e. The van der Waals surface area contributed by atoms with Crippen LogP contribution in [-0.4, -0.2) is 58.3 Å². The minimum Gasteiger partial charge on any atom is -0.394 e. The molecule has 2 heterocycles. The molecule has 7 nitrogen and oxygen atoms in total. The van der Waals surface area contributed by atoms with Crippen molar-refractivity contribution in [3.05, 3.63) is 12.3 Å². The van der Waals surface area contributed by atoms with Gasteiger partial charge in [-0.2, -0.15) is 8.78 Å². The largest absolute Gasteiger partial charge is 0.394 e. The highest BCUT2D eigenvalue weighted by Gasteiger charge is 2.61. The summed E-state index contributed by atoms with van der Waals surface area (Å²) in [7, 11) is 0. The van der Waals surface area contributed by atoms with Gasteiger partial charge in [-0.05, 0) is 6.08 Å². The average Bonchev–Trinajstić information content (AvgIpc) is 2.52. The number of nitrogens with one attached hydrogen (secondary N) is 1. The average molecular weight is 265 g/mol. The number of aliphatic hydroxyl groups is 2. The van der Waals surface area contributed by atoms with Crippen molar-refractivity contribution in [3.8, 4) is 0 Å². The second-order valence-electron chi connectivity index (χ2n) is 4.05. The predicted octanol–water partition coefficient (Wildman–Crippen LogP) is -1.48. The van der Waals surface area contributed by atoms with Crippen molar-refractivity contribution in [2.45, 2.75) is 30.5 Å². The van der Waals surface area contributed by atoms with Crippen LogP contribution in [0.25, 0.3) is 0 Å². The fourth-order valence-electron chi connectivity index (χ4n) is 1.82. The molecule has 2 rings (SSSR count). The standard InChI is InChI=1S/C9H13F2N3O4/c10-9(11)6(16)4(3-15)18-7(9)14-2-1-5(12)13-8(14)17/h1-2,4-7,15-16H,3,12H2,(H,13,17)/t4-,5?,6?,7-/m1/s1. The third-order valence-electron chi connectivity index (χ3n) is 2.79. The topological polar surface area (TPSA) is 108 Å². The number of carbonyl (C=O) groups is 1. The number of nitrogens with zero attached hydrogens (tertiary/aromatic N) is 1. The predicted molar refractivity (Wildman–Crippen MR) is 54.2 cm³/mol. The molecule has 1 fully saturated rings. The quantitative estimate of drug-likeness (QED) is 0.487. The van der Waals surface area contributed by atoms with Crippen molar-refractivity contribution in [3.63, 3.8) is 0 Å². The Morgan fingerprint density at radius 2 is 2.28 bits per heavy atom. The summed E-state index contributed by atoms with van der Waals surface area (Å²) < 4.78 is 32.2. The van der Waals surface area contributed by atoms with Gasteiger partial charge in [-0.1, -0.05) is 0 Å². The van der Waals surface area contributed by atoms with Crippen LogP contribution in [0.1, 0.15) is 0 Å². The minimum absolute atomic E-state index is 0.599. The molecule has 0 spiro atoms.